The van der Waals surface area contributed by atoms with Crippen LogP contribution in [0.5, 0.6) is 0 Å². The van der Waals surface area contributed by atoms with Crippen molar-refractivity contribution in [2.24, 2.45) is 5.92 Å². The van der Waals surface area contributed by atoms with Crippen molar-refractivity contribution in [3.8, 4) is 0 Å². The molecule has 2 rings (SSSR count). The first kappa shape index (κ1) is 15.3. The van der Waals surface area contributed by atoms with Gasteiger partial charge in [0.15, 0.2) is 0 Å². The van der Waals surface area contributed by atoms with Crippen molar-refractivity contribution in [1.82, 2.24) is 15.1 Å². The molecule has 2 aliphatic rings. The molecule has 1 aliphatic carbocycles. The number of likely N-dealkylation sites (N-methyl/N-ethyl adjacent to an activating group) is 1. The maximum absolute atomic E-state index is 3.68. The van der Waals surface area contributed by atoms with E-state index in [4.69, 9.17) is 0 Å². The second kappa shape index (κ2) is 7.05. The third-order valence-corrected chi connectivity index (χ3v) is 5.23. The summed E-state index contributed by atoms with van der Waals surface area (Å²) in [4.78, 5) is 5.34. The van der Waals surface area contributed by atoms with Crippen LogP contribution in [0.3, 0.4) is 0 Å². The Balaban J connectivity index is 1.74. The minimum absolute atomic E-state index is 0.715. The van der Waals surface area contributed by atoms with Crippen molar-refractivity contribution in [3.05, 3.63) is 0 Å². The lowest BCUT2D eigenvalue weighted by Crippen LogP contribution is -2.43. The minimum atomic E-state index is 0.715. The Morgan fingerprint density at radius 3 is 2.42 bits per heavy atom. The first-order chi connectivity index (χ1) is 9.15. The predicted molar refractivity (Wildman–Crippen MR) is 82.5 cm³/mol. The SMILES string of the molecule is CCN(CC)C1CCN(C(C)C(C)CNC2CC2)C1. The Hall–Kier alpha value is -0.120. The Labute approximate surface area is 119 Å². The summed E-state index contributed by atoms with van der Waals surface area (Å²) in [7, 11) is 0. The Morgan fingerprint density at radius 1 is 1.16 bits per heavy atom. The molecule has 1 N–H and O–H groups in total. The van der Waals surface area contributed by atoms with Crippen LogP contribution in [0.4, 0.5) is 0 Å². The first-order valence-electron chi connectivity index (χ1n) is 8.37. The topological polar surface area (TPSA) is 18.5 Å². The molecule has 1 saturated heterocycles. The number of likely N-dealkylation sites (tertiary alicyclic amines) is 1. The molecule has 0 aromatic carbocycles. The molecular weight excluding hydrogens is 234 g/mol. The van der Waals surface area contributed by atoms with Gasteiger partial charge in [-0.2, -0.15) is 0 Å². The first-order valence-corrected chi connectivity index (χ1v) is 8.37. The number of hydrogen-bond donors (Lipinski definition) is 1. The summed E-state index contributed by atoms with van der Waals surface area (Å²) in [6, 6.07) is 2.35. The summed E-state index contributed by atoms with van der Waals surface area (Å²) in [5, 5.41) is 3.68. The van der Waals surface area contributed by atoms with Crippen LogP contribution in [0.25, 0.3) is 0 Å². The molecule has 0 aromatic heterocycles. The lowest BCUT2D eigenvalue weighted by atomic mass is 10.0. The molecule has 2 fully saturated rings. The van der Waals surface area contributed by atoms with E-state index < -0.39 is 0 Å². The highest BCUT2D eigenvalue weighted by atomic mass is 15.3. The van der Waals surface area contributed by atoms with Crippen molar-refractivity contribution >= 4 is 0 Å². The van der Waals surface area contributed by atoms with Gasteiger partial charge in [0.1, 0.15) is 0 Å². The molecule has 1 aliphatic heterocycles. The van der Waals surface area contributed by atoms with E-state index in [-0.39, 0.29) is 0 Å². The number of nitrogens with zero attached hydrogens (tertiary/aromatic N) is 2. The van der Waals surface area contributed by atoms with Crippen molar-refractivity contribution in [2.45, 2.75) is 65.1 Å². The highest BCUT2D eigenvalue weighted by Crippen LogP contribution is 2.23. The lowest BCUT2D eigenvalue weighted by molar-refractivity contribution is 0.164. The average molecular weight is 267 g/mol. The van der Waals surface area contributed by atoms with Gasteiger partial charge in [0, 0.05) is 31.2 Å². The van der Waals surface area contributed by atoms with E-state index >= 15 is 0 Å². The molecular formula is C16H33N3. The molecule has 1 heterocycles. The van der Waals surface area contributed by atoms with Crippen molar-refractivity contribution in [2.75, 3.05) is 32.7 Å². The van der Waals surface area contributed by atoms with Crippen molar-refractivity contribution in [3.63, 3.8) is 0 Å². The van der Waals surface area contributed by atoms with E-state index in [1.165, 1.54) is 52.0 Å². The summed E-state index contributed by atoms with van der Waals surface area (Å²) >= 11 is 0. The zero-order valence-corrected chi connectivity index (χ0v) is 13.4. The van der Waals surface area contributed by atoms with Gasteiger partial charge in [-0.15, -0.1) is 0 Å². The fourth-order valence-corrected chi connectivity index (χ4v) is 3.35. The molecule has 0 aromatic rings. The van der Waals surface area contributed by atoms with Crippen LogP contribution in [0.2, 0.25) is 0 Å². The van der Waals surface area contributed by atoms with Crippen LogP contribution < -0.4 is 5.32 Å². The van der Waals surface area contributed by atoms with Gasteiger partial charge in [-0.05, 0) is 51.7 Å². The average Bonchev–Trinajstić information content (AvgIpc) is 3.13. The standard InChI is InChI=1S/C16H33N3/c1-5-18(6-2)16-9-10-19(12-16)14(4)13(3)11-17-15-7-8-15/h13-17H,5-12H2,1-4H3. The van der Waals surface area contributed by atoms with Gasteiger partial charge in [-0.1, -0.05) is 20.8 Å². The molecule has 1 saturated carbocycles. The smallest absolute Gasteiger partial charge is 0.0235 e. The Morgan fingerprint density at radius 2 is 1.84 bits per heavy atom. The molecule has 19 heavy (non-hydrogen) atoms. The molecule has 112 valence electrons. The maximum atomic E-state index is 3.68. The van der Waals surface area contributed by atoms with Gasteiger partial charge >= 0.3 is 0 Å². The van der Waals surface area contributed by atoms with Crippen LogP contribution in [0.1, 0.15) is 47.0 Å². The van der Waals surface area contributed by atoms with Crippen LogP contribution in [0, 0.1) is 5.92 Å². The minimum Gasteiger partial charge on any atom is -0.314 e. The number of nitrogens with one attached hydrogen (secondary N) is 1. The summed E-state index contributed by atoms with van der Waals surface area (Å²) in [5.74, 6) is 0.760. The second-order valence-electron chi connectivity index (χ2n) is 6.56. The molecule has 3 heteroatoms. The lowest BCUT2D eigenvalue weighted by Gasteiger charge is -2.31. The monoisotopic (exact) mass is 267 g/mol. The third-order valence-electron chi connectivity index (χ3n) is 5.23. The zero-order valence-electron chi connectivity index (χ0n) is 13.4. The number of hydrogen-bond acceptors (Lipinski definition) is 3. The second-order valence-corrected chi connectivity index (χ2v) is 6.56. The molecule has 0 bridgehead atoms. The van der Waals surface area contributed by atoms with E-state index in [0.717, 1.165) is 18.0 Å². The molecule has 3 unspecified atom stereocenters. The van der Waals surface area contributed by atoms with E-state index in [0.29, 0.717) is 6.04 Å². The van der Waals surface area contributed by atoms with E-state index in [2.05, 4.69) is 42.8 Å². The highest BCUT2D eigenvalue weighted by molar-refractivity contribution is 4.88. The van der Waals surface area contributed by atoms with E-state index in [1.807, 2.05) is 0 Å². The van der Waals surface area contributed by atoms with Crippen LogP contribution in [0.15, 0.2) is 0 Å². The van der Waals surface area contributed by atoms with Gasteiger partial charge in [0.25, 0.3) is 0 Å². The van der Waals surface area contributed by atoms with Gasteiger partial charge in [0.05, 0.1) is 0 Å². The maximum Gasteiger partial charge on any atom is 0.0235 e. The van der Waals surface area contributed by atoms with Crippen LogP contribution in [-0.2, 0) is 0 Å². The number of rotatable bonds is 8. The third kappa shape index (κ3) is 4.17. The molecule has 0 radical (unpaired) electrons. The van der Waals surface area contributed by atoms with Gasteiger partial charge < -0.3 is 5.32 Å². The zero-order chi connectivity index (χ0) is 13.8. The van der Waals surface area contributed by atoms with Crippen molar-refractivity contribution in [1.29, 1.82) is 0 Å². The predicted octanol–water partition coefficient (Wildman–Crippen LogP) is 2.18. The normalized spacial score (nSPS) is 27.9. The summed E-state index contributed by atoms with van der Waals surface area (Å²) in [5.41, 5.74) is 0. The van der Waals surface area contributed by atoms with Gasteiger partial charge in [-0.3, -0.25) is 9.80 Å². The van der Waals surface area contributed by atoms with Crippen LogP contribution >= 0.6 is 0 Å². The summed E-state index contributed by atoms with van der Waals surface area (Å²) in [6.07, 6.45) is 4.15. The van der Waals surface area contributed by atoms with Gasteiger partial charge in [-0.25, -0.2) is 0 Å². The van der Waals surface area contributed by atoms with Crippen LogP contribution in [-0.4, -0.2) is 60.6 Å². The largest absolute Gasteiger partial charge is 0.314 e. The summed E-state index contributed by atoms with van der Waals surface area (Å²) < 4.78 is 0. The Kier molecular flexibility index (Phi) is 5.67. The Bertz CT molecular complexity index is 261. The van der Waals surface area contributed by atoms with E-state index in [9.17, 15) is 0 Å². The fraction of sp³-hybridized carbons (Fsp3) is 1.00. The quantitative estimate of drug-likeness (QED) is 0.727. The van der Waals surface area contributed by atoms with Crippen molar-refractivity contribution < 1.29 is 0 Å². The molecule has 0 spiro atoms. The van der Waals surface area contributed by atoms with Gasteiger partial charge in [0.2, 0.25) is 0 Å². The fourth-order valence-electron chi connectivity index (χ4n) is 3.35. The molecule has 3 nitrogen and oxygen atoms in total. The summed E-state index contributed by atoms with van der Waals surface area (Å²) in [6.45, 7) is 15.6. The van der Waals surface area contributed by atoms with E-state index in [1.54, 1.807) is 0 Å². The molecule has 0 amide bonds. The highest BCUT2D eigenvalue weighted by Gasteiger charge is 2.31. The molecule has 3 atom stereocenters.